The lowest BCUT2D eigenvalue weighted by molar-refractivity contribution is -0.145. The highest BCUT2D eigenvalue weighted by atomic mass is 16.5. The average Bonchev–Trinajstić information content (AvgIpc) is 3.63. The molecule has 4 rings (SSSR count). The third kappa shape index (κ3) is 12.7. The zero-order valence-electron chi connectivity index (χ0n) is 35.3. The third-order valence-electron chi connectivity index (χ3n) is 11.8. The van der Waals surface area contributed by atoms with Gasteiger partial charge in [0.15, 0.2) is 0 Å². The van der Waals surface area contributed by atoms with Gasteiger partial charge in [0.2, 0.25) is 29.5 Å². The van der Waals surface area contributed by atoms with Gasteiger partial charge in [-0.25, -0.2) is 9.59 Å². The number of carboxylic acids is 1. The van der Waals surface area contributed by atoms with Crippen LogP contribution in [-0.2, 0) is 33.5 Å². The van der Waals surface area contributed by atoms with E-state index >= 15 is 0 Å². The maximum absolute atomic E-state index is 14.6. The molecule has 2 saturated carbocycles. The van der Waals surface area contributed by atoms with Gasteiger partial charge >= 0.3 is 11.9 Å². The number of esters is 1. The van der Waals surface area contributed by atoms with Crippen LogP contribution in [0.3, 0.4) is 0 Å². The number of ether oxygens (including phenoxy) is 1. The van der Waals surface area contributed by atoms with Gasteiger partial charge in [-0.05, 0) is 74.3 Å². The van der Waals surface area contributed by atoms with Gasteiger partial charge in [-0.15, -0.1) is 0 Å². The first-order chi connectivity index (χ1) is 28.4. The van der Waals surface area contributed by atoms with Gasteiger partial charge < -0.3 is 41.7 Å². The Balaban J connectivity index is 1.57. The summed E-state index contributed by atoms with van der Waals surface area (Å²) >= 11 is 0. The molecule has 0 radical (unpaired) electrons. The van der Waals surface area contributed by atoms with Gasteiger partial charge in [-0.1, -0.05) is 89.7 Å². The Labute approximate surface area is 351 Å². The van der Waals surface area contributed by atoms with Crippen molar-refractivity contribution in [3.05, 3.63) is 59.7 Å². The molecule has 0 unspecified atom stereocenters. The highest BCUT2D eigenvalue weighted by Gasteiger charge is 2.45. The van der Waals surface area contributed by atoms with Crippen LogP contribution in [0.1, 0.15) is 125 Å². The lowest BCUT2D eigenvalue weighted by Gasteiger charge is -2.37. The topological polar surface area (TPSA) is 243 Å². The van der Waals surface area contributed by atoms with Crippen molar-refractivity contribution in [1.29, 1.82) is 0 Å². The molecule has 3 aliphatic rings. The summed E-state index contributed by atoms with van der Waals surface area (Å²) < 4.78 is 4.63. The van der Waals surface area contributed by atoms with Gasteiger partial charge in [0.25, 0.3) is 5.91 Å². The van der Waals surface area contributed by atoms with Crippen LogP contribution in [0, 0.1) is 17.3 Å². The summed E-state index contributed by atoms with van der Waals surface area (Å²) in [6.45, 7) is 9.27. The molecular weight excluding hydrogens is 773 g/mol. The smallest absolute Gasteiger partial charge is 0.336 e. The summed E-state index contributed by atoms with van der Waals surface area (Å²) in [7, 11) is 1.21. The summed E-state index contributed by atoms with van der Waals surface area (Å²) in [5, 5.41) is 20.9. The molecular formula is C44H62N6O10. The number of nitrogens with one attached hydrogen (secondary N) is 4. The molecule has 60 heavy (non-hydrogen) atoms. The molecule has 2 aliphatic carbocycles. The Morgan fingerprint density at radius 1 is 0.850 bits per heavy atom. The van der Waals surface area contributed by atoms with Crippen molar-refractivity contribution in [2.24, 2.45) is 23.0 Å². The first kappa shape index (κ1) is 47.1. The Morgan fingerprint density at radius 3 is 1.98 bits per heavy atom. The third-order valence-corrected chi connectivity index (χ3v) is 11.8. The van der Waals surface area contributed by atoms with Crippen LogP contribution in [0.2, 0.25) is 0 Å². The highest BCUT2D eigenvalue weighted by Crippen LogP contribution is 2.31. The van der Waals surface area contributed by atoms with E-state index in [2.05, 4.69) is 32.6 Å². The number of hydrogen-bond acceptors (Lipinski definition) is 9. The van der Waals surface area contributed by atoms with Gasteiger partial charge in [-0.3, -0.25) is 28.8 Å². The predicted octanol–water partition coefficient (Wildman–Crippen LogP) is 3.30. The van der Waals surface area contributed by atoms with Crippen molar-refractivity contribution in [2.45, 2.75) is 134 Å². The number of nitrogens with zero attached hydrogens (tertiary/aromatic N) is 1. The van der Waals surface area contributed by atoms with E-state index in [1.54, 1.807) is 20.8 Å². The van der Waals surface area contributed by atoms with Crippen LogP contribution in [0.25, 0.3) is 0 Å². The number of likely N-dealkylation sites (tertiary alicyclic amines) is 1. The quantitative estimate of drug-likeness (QED) is 0.0760. The number of rotatable bonds is 17. The molecule has 1 heterocycles. The van der Waals surface area contributed by atoms with E-state index in [0.717, 1.165) is 51.4 Å². The summed E-state index contributed by atoms with van der Waals surface area (Å²) in [6.07, 6.45) is 11.4. The number of hydrogen-bond donors (Lipinski definition) is 6. The van der Waals surface area contributed by atoms with Crippen LogP contribution in [-0.4, -0.2) is 101 Å². The van der Waals surface area contributed by atoms with Crippen LogP contribution in [0.4, 0.5) is 0 Å². The molecule has 1 aliphatic heterocycles. The van der Waals surface area contributed by atoms with E-state index in [9.17, 15) is 43.5 Å². The van der Waals surface area contributed by atoms with Crippen molar-refractivity contribution in [1.82, 2.24) is 26.2 Å². The van der Waals surface area contributed by atoms with Gasteiger partial charge in [0, 0.05) is 12.6 Å². The molecule has 6 amide bonds. The fraction of sp³-hybridized carbons (Fsp3) is 0.591. The molecule has 5 atom stereocenters. The molecule has 328 valence electrons. The standard InChI is InChI=1S/C44H62N6O10/c1-26-24-32(40(55)48-35(28-18-10-7-11-19-28)41(56)47-34(37(45)52)27-16-8-6-9-17-27)50(25-26)42(57)36(44(2,3)4)49-39(54)31(22-14-15-23-33(51)60-5)46-38(53)29-20-12-13-21-30(29)43(58)59/h12-13,15,20-21,23,27-28,31-32,34-36H,1,6-11,14,16-19,22,24-25H2,2-5H3,(H2,45,52)(H,46,53)(H,47,56)(H,48,55)(H,49,54)(H,58,59)/b23-15+/t31-,32-,34-,35-,36+/m0/s1. The van der Waals surface area contributed by atoms with E-state index < -0.39 is 83.0 Å². The minimum atomic E-state index is -1.34. The van der Waals surface area contributed by atoms with Gasteiger partial charge in [0.1, 0.15) is 30.2 Å². The van der Waals surface area contributed by atoms with Crippen molar-refractivity contribution in [2.75, 3.05) is 13.7 Å². The lowest BCUT2D eigenvalue weighted by atomic mass is 9.81. The van der Waals surface area contributed by atoms with E-state index in [1.807, 2.05) is 0 Å². The molecule has 16 heteroatoms. The number of amides is 6. The van der Waals surface area contributed by atoms with Crippen molar-refractivity contribution in [3.8, 4) is 0 Å². The summed E-state index contributed by atoms with van der Waals surface area (Å²) in [5.74, 6) is -6.12. The monoisotopic (exact) mass is 834 g/mol. The molecule has 0 bridgehead atoms. The highest BCUT2D eigenvalue weighted by molar-refractivity contribution is 6.06. The molecule has 1 aromatic carbocycles. The minimum absolute atomic E-state index is 0.00948. The van der Waals surface area contributed by atoms with Crippen LogP contribution in [0.15, 0.2) is 48.6 Å². The van der Waals surface area contributed by atoms with Crippen LogP contribution in [0.5, 0.6) is 0 Å². The van der Waals surface area contributed by atoms with Gasteiger partial charge in [0.05, 0.1) is 18.2 Å². The number of methoxy groups -OCH3 is 1. The summed E-state index contributed by atoms with van der Waals surface area (Å²) in [6, 6.07) is 0.0854. The second kappa shape index (κ2) is 21.6. The normalized spacial score (nSPS) is 19.7. The number of carboxylic acid groups (broad SMARTS) is 1. The predicted molar refractivity (Wildman–Crippen MR) is 222 cm³/mol. The summed E-state index contributed by atoms with van der Waals surface area (Å²) in [4.78, 5) is 108. The fourth-order valence-electron chi connectivity index (χ4n) is 8.45. The van der Waals surface area contributed by atoms with E-state index in [-0.39, 0.29) is 48.8 Å². The zero-order valence-corrected chi connectivity index (χ0v) is 35.3. The first-order valence-corrected chi connectivity index (χ1v) is 21.0. The Kier molecular flexibility index (Phi) is 17.0. The number of allylic oxidation sites excluding steroid dienone is 1. The number of nitrogens with two attached hydrogens (primary N) is 1. The lowest BCUT2D eigenvalue weighted by Crippen LogP contribution is -2.62. The summed E-state index contributed by atoms with van der Waals surface area (Å²) in [5.41, 5.74) is 5.01. The second-order valence-corrected chi connectivity index (χ2v) is 17.3. The minimum Gasteiger partial charge on any atom is -0.478 e. The SMILES string of the molecule is C=C1C[C@@H](C(=O)N[C@H](C(=O)N[C@H](C(N)=O)C2CCCCC2)C2CCCCC2)N(C(=O)[C@@H](NC(=O)[C@H](CC/C=C/C(=O)OC)NC(=O)c2ccccc2C(=O)O)C(C)(C)C)C1. The zero-order chi connectivity index (χ0) is 44.1. The molecule has 7 N–H and O–H groups in total. The number of carbonyl (C=O) groups excluding carboxylic acids is 7. The molecule has 16 nitrogen and oxygen atoms in total. The Bertz CT molecular complexity index is 1810. The molecule has 0 aromatic heterocycles. The average molecular weight is 835 g/mol. The largest absolute Gasteiger partial charge is 0.478 e. The Morgan fingerprint density at radius 2 is 1.43 bits per heavy atom. The second-order valence-electron chi connectivity index (χ2n) is 17.3. The van der Waals surface area contributed by atoms with E-state index in [0.29, 0.717) is 18.4 Å². The maximum atomic E-state index is 14.6. The molecule has 1 aromatic rings. The number of aromatic carboxylic acids is 1. The number of carbonyl (C=O) groups is 8. The fourth-order valence-corrected chi connectivity index (χ4v) is 8.45. The van der Waals surface area contributed by atoms with E-state index in [1.165, 1.54) is 48.4 Å². The molecule has 1 saturated heterocycles. The van der Waals surface area contributed by atoms with Crippen LogP contribution < -0.4 is 27.0 Å². The Hall–Kier alpha value is -5.54. The molecule has 0 spiro atoms. The molecule has 3 fully saturated rings. The van der Waals surface area contributed by atoms with Crippen LogP contribution >= 0.6 is 0 Å². The van der Waals surface area contributed by atoms with Crippen molar-refractivity contribution >= 4 is 47.4 Å². The van der Waals surface area contributed by atoms with Gasteiger partial charge in [-0.2, -0.15) is 0 Å². The number of primary amides is 1. The van der Waals surface area contributed by atoms with E-state index in [4.69, 9.17) is 5.73 Å². The van der Waals surface area contributed by atoms with Crippen molar-refractivity contribution in [3.63, 3.8) is 0 Å². The first-order valence-electron chi connectivity index (χ1n) is 21.0. The van der Waals surface area contributed by atoms with Crippen molar-refractivity contribution < 1.29 is 48.2 Å². The number of benzene rings is 1. The maximum Gasteiger partial charge on any atom is 0.336 e.